The second kappa shape index (κ2) is 11.0. The van der Waals surface area contributed by atoms with E-state index < -0.39 is 5.60 Å². The van der Waals surface area contributed by atoms with Crippen molar-refractivity contribution in [1.82, 2.24) is 20.9 Å². The van der Waals surface area contributed by atoms with Crippen LogP contribution in [0.3, 0.4) is 0 Å². The zero-order chi connectivity index (χ0) is 19.6. The van der Waals surface area contributed by atoms with Crippen LogP contribution in [0.4, 0.5) is 4.79 Å². The Labute approximate surface area is 161 Å². The molecule has 0 saturated heterocycles. The highest BCUT2D eigenvalue weighted by Crippen LogP contribution is 2.16. The van der Waals surface area contributed by atoms with Crippen molar-refractivity contribution in [2.24, 2.45) is 4.99 Å². The summed E-state index contributed by atoms with van der Waals surface area (Å²) in [5, 5.41) is 10.4. The lowest BCUT2D eigenvalue weighted by atomic mass is 10.2. The average molecular weight is 384 g/mol. The number of nitrogens with one attached hydrogen (secondary N) is 3. The Kier molecular flexibility index (Phi) is 9.40. The number of thiazole rings is 1. The third-order valence-corrected chi connectivity index (χ3v) is 4.39. The first-order chi connectivity index (χ1) is 12.2. The number of nitrogens with zero attached hydrogens (tertiary/aromatic N) is 2. The molecule has 0 atom stereocenters. The van der Waals surface area contributed by atoms with Gasteiger partial charge in [0, 0.05) is 37.5 Å². The zero-order valence-electron chi connectivity index (χ0n) is 16.9. The summed E-state index contributed by atoms with van der Waals surface area (Å²) in [7, 11) is 0. The van der Waals surface area contributed by atoms with Gasteiger partial charge in [0.15, 0.2) is 5.96 Å². The van der Waals surface area contributed by atoms with Gasteiger partial charge in [0.2, 0.25) is 0 Å². The molecule has 1 aromatic rings. The minimum atomic E-state index is -0.473. The maximum atomic E-state index is 11.6. The summed E-state index contributed by atoms with van der Waals surface area (Å²) in [5.41, 5.74) is 0.642. The van der Waals surface area contributed by atoms with Gasteiger partial charge in [-0.15, -0.1) is 11.3 Å². The number of rotatable bonds is 8. The molecule has 148 valence electrons. The van der Waals surface area contributed by atoms with Crippen LogP contribution < -0.4 is 16.0 Å². The minimum Gasteiger partial charge on any atom is -0.444 e. The molecule has 7 nitrogen and oxygen atoms in total. The van der Waals surface area contributed by atoms with Crippen LogP contribution in [-0.2, 0) is 11.2 Å². The van der Waals surface area contributed by atoms with E-state index in [1.54, 1.807) is 11.3 Å². The van der Waals surface area contributed by atoms with E-state index in [9.17, 15) is 4.79 Å². The second-order valence-electron chi connectivity index (χ2n) is 6.96. The molecule has 0 saturated carbocycles. The Hall–Kier alpha value is -1.83. The van der Waals surface area contributed by atoms with Gasteiger partial charge in [-0.3, -0.25) is 4.99 Å². The second-order valence-corrected chi connectivity index (χ2v) is 8.25. The van der Waals surface area contributed by atoms with Crippen LogP contribution >= 0.6 is 11.3 Å². The van der Waals surface area contributed by atoms with Crippen molar-refractivity contribution in [1.29, 1.82) is 0 Å². The monoisotopic (exact) mass is 383 g/mol. The van der Waals surface area contributed by atoms with Gasteiger partial charge in [-0.25, -0.2) is 9.78 Å². The van der Waals surface area contributed by atoms with Crippen LogP contribution in [0, 0.1) is 13.8 Å². The van der Waals surface area contributed by atoms with E-state index in [4.69, 9.17) is 4.74 Å². The summed E-state index contributed by atoms with van der Waals surface area (Å²) in [6.45, 7) is 14.5. The maximum absolute atomic E-state index is 11.6. The van der Waals surface area contributed by atoms with Gasteiger partial charge < -0.3 is 20.7 Å². The van der Waals surface area contributed by atoms with Crippen molar-refractivity contribution in [3.63, 3.8) is 0 Å². The minimum absolute atomic E-state index is 0.387. The summed E-state index contributed by atoms with van der Waals surface area (Å²) >= 11 is 1.75. The van der Waals surface area contributed by atoms with Crippen molar-refractivity contribution < 1.29 is 9.53 Å². The fourth-order valence-electron chi connectivity index (χ4n) is 2.22. The normalized spacial score (nSPS) is 12.0. The lowest BCUT2D eigenvalue weighted by Gasteiger charge is -2.19. The lowest BCUT2D eigenvalue weighted by Crippen LogP contribution is -2.38. The molecule has 3 N–H and O–H groups in total. The highest BCUT2D eigenvalue weighted by Gasteiger charge is 2.15. The molecular weight excluding hydrogens is 350 g/mol. The van der Waals surface area contributed by atoms with Crippen molar-refractivity contribution in [3.8, 4) is 0 Å². The molecule has 26 heavy (non-hydrogen) atoms. The van der Waals surface area contributed by atoms with E-state index in [0.29, 0.717) is 13.1 Å². The van der Waals surface area contributed by atoms with Gasteiger partial charge in [-0.05, 0) is 48.0 Å². The summed E-state index contributed by atoms with van der Waals surface area (Å²) in [4.78, 5) is 21.9. The quantitative estimate of drug-likeness (QED) is 0.365. The molecule has 1 aromatic heterocycles. The van der Waals surface area contributed by atoms with Crippen LogP contribution in [0.15, 0.2) is 4.99 Å². The molecule has 0 aliphatic carbocycles. The molecule has 0 unspecified atom stereocenters. The van der Waals surface area contributed by atoms with Crippen LogP contribution in [0.5, 0.6) is 0 Å². The van der Waals surface area contributed by atoms with Gasteiger partial charge in [0.1, 0.15) is 5.60 Å². The predicted octanol–water partition coefficient (Wildman–Crippen LogP) is 2.77. The number of amides is 1. The maximum Gasteiger partial charge on any atom is 0.407 e. The van der Waals surface area contributed by atoms with Crippen molar-refractivity contribution in [3.05, 3.63) is 15.6 Å². The third-order valence-electron chi connectivity index (χ3n) is 3.26. The zero-order valence-corrected chi connectivity index (χ0v) is 17.7. The fourth-order valence-corrected chi connectivity index (χ4v) is 3.15. The van der Waals surface area contributed by atoms with E-state index in [2.05, 4.69) is 32.9 Å². The van der Waals surface area contributed by atoms with Crippen LogP contribution in [0.2, 0.25) is 0 Å². The van der Waals surface area contributed by atoms with Gasteiger partial charge in [0.05, 0.1) is 10.7 Å². The smallest absolute Gasteiger partial charge is 0.407 e. The number of carbonyl (C=O) groups excluding carboxylic acids is 1. The summed E-state index contributed by atoms with van der Waals surface area (Å²) in [6, 6.07) is 0. The predicted molar refractivity (Wildman–Crippen MR) is 108 cm³/mol. The Bertz CT molecular complexity index is 593. The molecule has 8 heteroatoms. The van der Waals surface area contributed by atoms with E-state index in [1.807, 2.05) is 34.6 Å². The number of hydrogen-bond donors (Lipinski definition) is 3. The first kappa shape index (κ1) is 22.2. The molecule has 0 aliphatic heterocycles. The Balaban J connectivity index is 2.30. The Morgan fingerprint density at radius 1 is 1.19 bits per heavy atom. The van der Waals surface area contributed by atoms with Gasteiger partial charge in [-0.2, -0.15) is 0 Å². The summed E-state index contributed by atoms with van der Waals surface area (Å²) in [5.74, 6) is 0.795. The Morgan fingerprint density at radius 3 is 2.50 bits per heavy atom. The SMILES string of the molecule is CCNC(=NCCCNC(=O)OC(C)(C)C)NCCc1sc(C)nc1C. The van der Waals surface area contributed by atoms with Crippen molar-refractivity contribution in [2.45, 2.75) is 60.0 Å². The van der Waals surface area contributed by atoms with E-state index in [0.717, 1.165) is 42.6 Å². The van der Waals surface area contributed by atoms with Gasteiger partial charge in [0.25, 0.3) is 0 Å². The number of hydrogen-bond acceptors (Lipinski definition) is 5. The third kappa shape index (κ3) is 9.60. The van der Waals surface area contributed by atoms with Crippen molar-refractivity contribution >= 4 is 23.4 Å². The highest BCUT2D eigenvalue weighted by atomic mass is 32.1. The molecule has 1 amide bonds. The molecule has 1 rings (SSSR count). The number of guanidine groups is 1. The molecular formula is C18H33N5O2S. The molecule has 0 radical (unpaired) electrons. The summed E-state index contributed by atoms with van der Waals surface area (Å²) < 4.78 is 5.20. The van der Waals surface area contributed by atoms with Crippen LogP contribution in [-0.4, -0.2) is 48.8 Å². The van der Waals surface area contributed by atoms with Crippen LogP contribution in [0.1, 0.15) is 49.7 Å². The van der Waals surface area contributed by atoms with E-state index >= 15 is 0 Å². The lowest BCUT2D eigenvalue weighted by molar-refractivity contribution is 0.0527. The van der Waals surface area contributed by atoms with Gasteiger partial charge >= 0.3 is 6.09 Å². The highest BCUT2D eigenvalue weighted by molar-refractivity contribution is 7.11. The largest absolute Gasteiger partial charge is 0.444 e. The number of aliphatic imine (C=N–C) groups is 1. The topological polar surface area (TPSA) is 87.6 Å². The number of carbonyl (C=O) groups is 1. The number of ether oxygens (including phenoxy) is 1. The van der Waals surface area contributed by atoms with E-state index in [-0.39, 0.29) is 6.09 Å². The molecule has 0 fully saturated rings. The summed E-state index contributed by atoms with van der Waals surface area (Å²) in [6.07, 6.45) is 1.30. The standard InChI is InChI=1S/C18H33N5O2S/c1-7-19-16(21-12-9-15-13(2)23-14(3)26-15)20-10-8-11-22-17(24)25-18(4,5)6/h7-12H2,1-6H3,(H,22,24)(H2,19,20,21). The Morgan fingerprint density at radius 2 is 1.92 bits per heavy atom. The number of alkyl carbamates (subject to hydrolysis) is 1. The van der Waals surface area contributed by atoms with Gasteiger partial charge in [-0.1, -0.05) is 0 Å². The first-order valence-corrected chi connectivity index (χ1v) is 9.95. The fraction of sp³-hybridized carbons (Fsp3) is 0.722. The average Bonchev–Trinajstić information content (AvgIpc) is 2.83. The molecule has 0 bridgehead atoms. The number of aromatic nitrogens is 1. The molecule has 0 aliphatic rings. The van der Waals surface area contributed by atoms with Crippen LogP contribution in [0.25, 0.3) is 0 Å². The molecule has 0 aromatic carbocycles. The first-order valence-electron chi connectivity index (χ1n) is 9.13. The van der Waals surface area contributed by atoms with E-state index in [1.165, 1.54) is 4.88 Å². The number of aryl methyl sites for hydroxylation is 2. The molecule has 0 spiro atoms. The van der Waals surface area contributed by atoms with Crippen molar-refractivity contribution in [2.75, 3.05) is 26.2 Å². The molecule has 1 heterocycles.